The van der Waals surface area contributed by atoms with Gasteiger partial charge in [-0.05, 0) is 49.2 Å². The van der Waals surface area contributed by atoms with Crippen LogP contribution in [0.1, 0.15) is 28.4 Å². The number of nitrogens with zero attached hydrogens (tertiary/aromatic N) is 1. The molecule has 5 aromatic rings. The fraction of sp³-hybridized carbons (Fsp3) is 0.161. The lowest BCUT2D eigenvalue weighted by atomic mass is 10.1. The van der Waals surface area contributed by atoms with Gasteiger partial charge < -0.3 is 24.9 Å². The summed E-state index contributed by atoms with van der Waals surface area (Å²) in [5.41, 5.74) is 4.62. The first-order valence-electron chi connectivity index (χ1n) is 12.7. The summed E-state index contributed by atoms with van der Waals surface area (Å²) in [4.78, 5) is 29.9. The number of H-pyrrole nitrogens is 1. The summed E-state index contributed by atoms with van der Waals surface area (Å²) in [6, 6.07) is 23.0. The van der Waals surface area contributed by atoms with Gasteiger partial charge in [0, 0.05) is 52.9 Å². The highest BCUT2D eigenvalue weighted by atomic mass is 16.5. The third kappa shape index (κ3) is 5.04. The molecule has 0 aliphatic rings. The number of aromatic amines is 1. The Morgan fingerprint density at radius 1 is 0.974 bits per heavy atom. The number of fused-ring (bicyclic) bond motifs is 2. The molecule has 0 spiro atoms. The number of aryl methyl sites for hydroxylation is 1. The van der Waals surface area contributed by atoms with Crippen LogP contribution < -0.4 is 15.4 Å². The summed E-state index contributed by atoms with van der Waals surface area (Å²) in [6.45, 7) is 3.27. The Kier molecular flexibility index (Phi) is 7.26. The lowest BCUT2D eigenvalue weighted by Crippen LogP contribution is -2.35. The summed E-state index contributed by atoms with van der Waals surface area (Å²) in [6.07, 6.45) is 6.36. The molecule has 38 heavy (non-hydrogen) atoms. The summed E-state index contributed by atoms with van der Waals surface area (Å²) < 4.78 is 7.48. The standard InChI is InChI=1S/C31H30N4O3/c1-3-35-20-22(24-11-5-8-14-28(24)35)18-27(34-30(36)25-12-6-9-15-29(25)38-2)31(37)32-17-16-21-19-33-26-13-7-4-10-23(21)26/h4-15,18-20,33H,3,16-17H2,1-2H3,(H,32,37)(H,34,36). The third-order valence-electron chi connectivity index (χ3n) is 6.66. The Morgan fingerprint density at radius 2 is 1.71 bits per heavy atom. The second-order valence-corrected chi connectivity index (χ2v) is 8.97. The Morgan fingerprint density at radius 3 is 2.53 bits per heavy atom. The number of benzene rings is 3. The molecule has 0 aliphatic heterocycles. The van der Waals surface area contributed by atoms with E-state index in [1.165, 1.54) is 7.11 Å². The molecule has 2 aromatic heterocycles. The highest BCUT2D eigenvalue weighted by molar-refractivity contribution is 6.07. The van der Waals surface area contributed by atoms with Crippen LogP contribution in [0, 0.1) is 0 Å². The third-order valence-corrected chi connectivity index (χ3v) is 6.66. The van der Waals surface area contributed by atoms with Crippen molar-refractivity contribution >= 4 is 39.7 Å². The van der Waals surface area contributed by atoms with Crippen molar-refractivity contribution in [1.82, 2.24) is 20.2 Å². The Balaban J connectivity index is 1.43. The van der Waals surface area contributed by atoms with E-state index in [1.54, 1.807) is 30.3 Å². The van der Waals surface area contributed by atoms with Gasteiger partial charge in [0.25, 0.3) is 11.8 Å². The second kappa shape index (κ2) is 11.1. The van der Waals surface area contributed by atoms with Crippen molar-refractivity contribution in [3.8, 4) is 5.75 Å². The van der Waals surface area contributed by atoms with Crippen LogP contribution in [-0.2, 0) is 17.8 Å². The van der Waals surface area contributed by atoms with E-state index >= 15 is 0 Å². The highest BCUT2D eigenvalue weighted by Crippen LogP contribution is 2.24. The molecule has 5 rings (SSSR count). The number of aromatic nitrogens is 2. The number of rotatable bonds is 9. The lowest BCUT2D eigenvalue weighted by Gasteiger charge is -2.13. The molecule has 0 aliphatic carbocycles. The van der Waals surface area contributed by atoms with Gasteiger partial charge in [0.2, 0.25) is 0 Å². The first-order valence-corrected chi connectivity index (χ1v) is 12.7. The fourth-order valence-electron chi connectivity index (χ4n) is 4.73. The number of amides is 2. The SMILES string of the molecule is CCn1cc(C=C(NC(=O)c2ccccc2OC)C(=O)NCCc2c[nH]c3ccccc23)c2ccccc21. The van der Waals surface area contributed by atoms with Crippen LogP contribution in [0.15, 0.2) is 90.9 Å². The van der Waals surface area contributed by atoms with E-state index in [-0.39, 0.29) is 11.6 Å². The van der Waals surface area contributed by atoms with Crippen molar-refractivity contribution in [2.45, 2.75) is 19.9 Å². The fourth-order valence-corrected chi connectivity index (χ4v) is 4.73. The van der Waals surface area contributed by atoms with Crippen molar-refractivity contribution in [1.29, 1.82) is 0 Å². The number of carbonyl (C=O) groups excluding carboxylic acids is 2. The van der Waals surface area contributed by atoms with Crippen LogP contribution in [0.2, 0.25) is 0 Å². The molecule has 0 unspecified atom stereocenters. The topological polar surface area (TPSA) is 88.2 Å². The molecule has 0 fully saturated rings. The molecule has 192 valence electrons. The van der Waals surface area contributed by atoms with Crippen LogP contribution >= 0.6 is 0 Å². The number of hydrogen-bond acceptors (Lipinski definition) is 3. The van der Waals surface area contributed by atoms with Crippen LogP contribution in [0.4, 0.5) is 0 Å². The van der Waals surface area contributed by atoms with Gasteiger partial charge in [0.05, 0.1) is 12.7 Å². The van der Waals surface area contributed by atoms with Gasteiger partial charge in [0.1, 0.15) is 11.4 Å². The van der Waals surface area contributed by atoms with Crippen LogP contribution in [0.3, 0.4) is 0 Å². The number of carbonyl (C=O) groups is 2. The van der Waals surface area contributed by atoms with Crippen molar-refractivity contribution in [3.63, 3.8) is 0 Å². The van der Waals surface area contributed by atoms with E-state index < -0.39 is 5.91 Å². The summed E-state index contributed by atoms with van der Waals surface area (Å²) >= 11 is 0. The van der Waals surface area contributed by atoms with Gasteiger partial charge in [-0.25, -0.2) is 0 Å². The minimum Gasteiger partial charge on any atom is -0.496 e. The Hall–Kier alpha value is -4.78. The number of hydrogen-bond donors (Lipinski definition) is 3. The van der Waals surface area contributed by atoms with Crippen LogP contribution in [0.5, 0.6) is 5.75 Å². The zero-order chi connectivity index (χ0) is 26.5. The molecule has 0 atom stereocenters. The molecule has 0 saturated carbocycles. The van der Waals surface area contributed by atoms with Crippen LogP contribution in [-0.4, -0.2) is 35.0 Å². The molecule has 0 radical (unpaired) electrons. The van der Waals surface area contributed by atoms with Gasteiger partial charge >= 0.3 is 0 Å². The molecule has 2 heterocycles. The first kappa shape index (κ1) is 24.9. The van der Waals surface area contributed by atoms with Crippen molar-refractivity contribution in [3.05, 3.63) is 108 Å². The first-order chi connectivity index (χ1) is 18.6. The van der Waals surface area contributed by atoms with E-state index in [2.05, 4.69) is 33.2 Å². The van der Waals surface area contributed by atoms with Crippen molar-refractivity contribution in [2.24, 2.45) is 0 Å². The average Bonchev–Trinajstić information content (AvgIpc) is 3.53. The molecule has 2 amide bonds. The van der Waals surface area contributed by atoms with Gasteiger partial charge in [-0.15, -0.1) is 0 Å². The zero-order valence-corrected chi connectivity index (χ0v) is 21.5. The second-order valence-electron chi connectivity index (χ2n) is 8.97. The molecule has 3 N–H and O–H groups in total. The van der Waals surface area contributed by atoms with E-state index in [0.29, 0.717) is 24.3 Å². The number of methoxy groups -OCH3 is 1. The minimum absolute atomic E-state index is 0.166. The van der Waals surface area contributed by atoms with Crippen molar-refractivity contribution in [2.75, 3.05) is 13.7 Å². The maximum Gasteiger partial charge on any atom is 0.267 e. The quantitative estimate of drug-likeness (QED) is 0.238. The van der Waals surface area contributed by atoms with E-state index in [0.717, 1.165) is 39.5 Å². The summed E-state index contributed by atoms with van der Waals surface area (Å²) in [7, 11) is 1.51. The van der Waals surface area contributed by atoms with Gasteiger partial charge in [-0.1, -0.05) is 48.5 Å². The maximum atomic E-state index is 13.4. The molecule has 0 bridgehead atoms. The molecular weight excluding hydrogens is 476 g/mol. The number of ether oxygens (including phenoxy) is 1. The lowest BCUT2D eigenvalue weighted by molar-refractivity contribution is -0.117. The van der Waals surface area contributed by atoms with E-state index in [1.807, 2.05) is 54.9 Å². The molecule has 0 saturated heterocycles. The van der Waals surface area contributed by atoms with Gasteiger partial charge in [-0.2, -0.15) is 0 Å². The smallest absolute Gasteiger partial charge is 0.267 e. The monoisotopic (exact) mass is 506 g/mol. The zero-order valence-electron chi connectivity index (χ0n) is 21.5. The molecule has 7 heteroatoms. The predicted molar refractivity (Wildman–Crippen MR) is 151 cm³/mol. The van der Waals surface area contributed by atoms with Gasteiger partial charge in [-0.3, -0.25) is 9.59 Å². The Bertz CT molecular complexity index is 1640. The largest absolute Gasteiger partial charge is 0.496 e. The van der Waals surface area contributed by atoms with Crippen LogP contribution in [0.25, 0.3) is 27.9 Å². The van der Waals surface area contributed by atoms with Gasteiger partial charge in [0.15, 0.2) is 0 Å². The van der Waals surface area contributed by atoms with Crippen molar-refractivity contribution < 1.29 is 14.3 Å². The predicted octanol–water partition coefficient (Wildman–Crippen LogP) is 5.28. The molecule has 3 aromatic carbocycles. The summed E-state index contributed by atoms with van der Waals surface area (Å²) in [5.74, 6) is -0.340. The maximum absolute atomic E-state index is 13.4. The highest BCUT2D eigenvalue weighted by Gasteiger charge is 2.18. The summed E-state index contributed by atoms with van der Waals surface area (Å²) in [5, 5.41) is 7.96. The normalized spacial score (nSPS) is 11.6. The molecular formula is C31H30N4O3. The van der Waals surface area contributed by atoms with E-state index in [9.17, 15) is 9.59 Å². The minimum atomic E-state index is -0.417. The van der Waals surface area contributed by atoms with E-state index in [4.69, 9.17) is 4.74 Å². The number of para-hydroxylation sites is 3. The average molecular weight is 507 g/mol. The Labute approximate surface area is 221 Å². The number of nitrogens with one attached hydrogen (secondary N) is 3. The molecule has 7 nitrogen and oxygen atoms in total.